The normalized spacial score (nSPS) is 15.6. The third-order valence-corrected chi connectivity index (χ3v) is 6.57. The first-order valence-corrected chi connectivity index (χ1v) is 12.3. The van der Waals surface area contributed by atoms with Crippen molar-refractivity contribution >= 4 is 33.4 Å². The van der Waals surface area contributed by atoms with E-state index in [9.17, 15) is 22.4 Å². The quantitative estimate of drug-likeness (QED) is 0.366. The summed E-state index contributed by atoms with van der Waals surface area (Å²) in [6, 6.07) is 20.3. The maximum absolute atomic E-state index is 13.2. The lowest BCUT2D eigenvalue weighted by atomic mass is 10.1. The third kappa shape index (κ3) is 5.90. The smallest absolute Gasteiger partial charge is 0.306 e. The Morgan fingerprint density at radius 2 is 1.66 bits per heavy atom. The van der Waals surface area contributed by atoms with Crippen LogP contribution in [-0.2, 0) is 24.3 Å². The van der Waals surface area contributed by atoms with Crippen molar-refractivity contribution in [2.45, 2.75) is 23.8 Å². The van der Waals surface area contributed by atoms with Crippen molar-refractivity contribution in [1.29, 1.82) is 0 Å². The van der Waals surface area contributed by atoms with Crippen molar-refractivity contribution in [2.75, 3.05) is 11.9 Å². The molecule has 8 nitrogen and oxygen atoms in total. The van der Waals surface area contributed by atoms with E-state index in [1.165, 1.54) is 30.3 Å². The molecule has 2 N–H and O–H groups in total. The van der Waals surface area contributed by atoms with E-state index in [4.69, 9.17) is 4.74 Å². The topological polar surface area (TPSA) is 114 Å². The minimum Gasteiger partial charge on any atom is -0.447 e. The van der Waals surface area contributed by atoms with Crippen molar-refractivity contribution in [2.24, 2.45) is 4.99 Å². The molecule has 0 spiro atoms. The fraction of sp³-hybridized carbons (Fsp3) is 0.160. The van der Waals surface area contributed by atoms with Gasteiger partial charge in [0, 0.05) is 29.8 Å². The lowest BCUT2D eigenvalue weighted by Crippen LogP contribution is -2.26. The molecular formula is C25H22FN3O5S. The summed E-state index contributed by atoms with van der Waals surface area (Å²) in [5, 5.41) is 2.62. The van der Waals surface area contributed by atoms with Crippen LogP contribution in [0, 0.1) is 5.82 Å². The number of benzene rings is 3. The fourth-order valence-electron chi connectivity index (χ4n) is 3.50. The molecule has 1 heterocycles. The van der Waals surface area contributed by atoms with Crippen LogP contribution in [0.5, 0.6) is 0 Å². The van der Waals surface area contributed by atoms with Gasteiger partial charge in [0.25, 0.3) is 15.9 Å². The van der Waals surface area contributed by atoms with Crippen LogP contribution in [0.1, 0.15) is 30.1 Å². The molecule has 4 rings (SSSR count). The lowest BCUT2D eigenvalue weighted by molar-refractivity contribution is -0.154. The number of esters is 1. The Kier molecular flexibility index (Phi) is 7.21. The van der Waals surface area contributed by atoms with Gasteiger partial charge < -0.3 is 10.1 Å². The lowest BCUT2D eigenvalue weighted by Gasteiger charge is -2.18. The summed E-state index contributed by atoms with van der Waals surface area (Å²) in [4.78, 5) is 29.8. The number of ether oxygens (including phenoxy) is 1. The van der Waals surface area contributed by atoms with Gasteiger partial charge in [0.05, 0.1) is 4.90 Å². The summed E-state index contributed by atoms with van der Waals surface area (Å²) in [6.07, 6.45) is -0.945. The van der Waals surface area contributed by atoms with Crippen molar-refractivity contribution in [1.82, 2.24) is 4.72 Å². The highest BCUT2D eigenvalue weighted by molar-refractivity contribution is 7.90. The Bertz CT molecular complexity index is 1360. The number of fused-ring (bicyclic) bond motifs is 1. The number of hydrogen-bond donors (Lipinski definition) is 2. The Labute approximate surface area is 201 Å². The van der Waals surface area contributed by atoms with Crippen LogP contribution in [0.3, 0.4) is 0 Å². The number of halogens is 1. The average molecular weight is 496 g/mol. The average Bonchev–Trinajstić information content (AvgIpc) is 3.12. The van der Waals surface area contributed by atoms with Gasteiger partial charge in [0.2, 0.25) is 6.10 Å². The number of nitrogens with one attached hydrogen (secondary N) is 2. The van der Waals surface area contributed by atoms with E-state index in [0.717, 1.165) is 0 Å². The van der Waals surface area contributed by atoms with Gasteiger partial charge in [-0.2, -0.15) is 0 Å². The van der Waals surface area contributed by atoms with Crippen molar-refractivity contribution in [3.63, 3.8) is 0 Å². The van der Waals surface area contributed by atoms with Crippen LogP contribution < -0.4 is 10.0 Å². The number of carbonyl (C=O) groups is 2. The Morgan fingerprint density at radius 3 is 2.40 bits per heavy atom. The number of amidine groups is 1. The number of rotatable bonds is 8. The van der Waals surface area contributed by atoms with Crippen molar-refractivity contribution < 1.29 is 27.1 Å². The zero-order chi connectivity index (χ0) is 24.8. The van der Waals surface area contributed by atoms with Crippen LogP contribution >= 0.6 is 0 Å². The molecule has 0 aliphatic carbocycles. The van der Waals surface area contributed by atoms with Gasteiger partial charge in [0.15, 0.2) is 0 Å². The SMILES string of the molecule is O=C(CCCN=C1NS(=O)(=O)c2ccccc21)O[C@@H](C(=O)Nc1ccc(F)cc1)c1ccccc1. The molecule has 1 atom stereocenters. The first-order valence-electron chi connectivity index (χ1n) is 10.8. The van der Waals surface area contributed by atoms with Gasteiger partial charge in [0.1, 0.15) is 11.7 Å². The molecule has 0 saturated heterocycles. The van der Waals surface area contributed by atoms with Crippen molar-refractivity contribution in [3.05, 3.63) is 95.8 Å². The summed E-state index contributed by atoms with van der Waals surface area (Å²) in [5.41, 5.74) is 1.33. The minimum atomic E-state index is -3.63. The van der Waals surface area contributed by atoms with E-state index in [1.807, 2.05) is 0 Å². The highest BCUT2D eigenvalue weighted by Crippen LogP contribution is 2.23. The maximum Gasteiger partial charge on any atom is 0.306 e. The number of carbonyl (C=O) groups excluding carboxylic acids is 2. The first-order chi connectivity index (χ1) is 16.8. The predicted molar refractivity (Wildman–Crippen MR) is 128 cm³/mol. The maximum atomic E-state index is 13.2. The third-order valence-electron chi connectivity index (χ3n) is 5.17. The molecule has 0 unspecified atom stereocenters. The molecule has 10 heteroatoms. The second-order valence-electron chi connectivity index (χ2n) is 7.71. The molecule has 35 heavy (non-hydrogen) atoms. The molecule has 1 amide bonds. The summed E-state index contributed by atoms with van der Waals surface area (Å²) < 4.78 is 45.3. The number of nitrogens with zero attached hydrogens (tertiary/aromatic N) is 1. The van der Waals surface area contributed by atoms with E-state index in [1.54, 1.807) is 48.5 Å². The van der Waals surface area contributed by atoms with Gasteiger partial charge in [-0.25, -0.2) is 12.8 Å². The van der Waals surface area contributed by atoms with Crippen LogP contribution in [0.25, 0.3) is 0 Å². The second kappa shape index (κ2) is 10.5. The number of anilines is 1. The van der Waals surface area contributed by atoms with Gasteiger partial charge in [-0.15, -0.1) is 0 Å². The molecule has 3 aromatic rings. The zero-order valence-electron chi connectivity index (χ0n) is 18.5. The van der Waals surface area contributed by atoms with Gasteiger partial charge in [-0.05, 0) is 42.8 Å². The minimum absolute atomic E-state index is 0.0294. The van der Waals surface area contributed by atoms with E-state index in [2.05, 4.69) is 15.0 Å². The standard InChI is InChI=1S/C25H22FN3O5S/c26-18-12-14-19(15-13-18)28-25(31)23(17-7-2-1-3-8-17)34-22(30)11-6-16-27-24-20-9-4-5-10-21(20)35(32,33)29-24/h1-5,7-10,12-15,23H,6,11,16H2,(H,27,29)(H,28,31)/t23-/m1/s1. The van der Waals surface area contributed by atoms with Gasteiger partial charge >= 0.3 is 5.97 Å². The predicted octanol–water partition coefficient (Wildman–Crippen LogP) is 3.57. The molecule has 0 fully saturated rings. The van der Waals surface area contributed by atoms with Crippen LogP contribution in [0.15, 0.2) is 88.8 Å². The van der Waals surface area contributed by atoms with Crippen LogP contribution in [0.2, 0.25) is 0 Å². The molecule has 3 aromatic carbocycles. The summed E-state index contributed by atoms with van der Waals surface area (Å²) >= 11 is 0. The van der Waals surface area contributed by atoms with Crippen molar-refractivity contribution in [3.8, 4) is 0 Å². The van der Waals surface area contributed by atoms with E-state index in [0.29, 0.717) is 16.8 Å². The highest BCUT2D eigenvalue weighted by atomic mass is 32.2. The van der Waals surface area contributed by atoms with Crippen LogP contribution in [0.4, 0.5) is 10.1 Å². The van der Waals surface area contributed by atoms with E-state index >= 15 is 0 Å². The highest BCUT2D eigenvalue weighted by Gasteiger charge is 2.30. The largest absolute Gasteiger partial charge is 0.447 e. The van der Waals surface area contributed by atoms with Crippen LogP contribution in [-0.4, -0.2) is 32.7 Å². The molecule has 1 aliphatic rings. The summed E-state index contributed by atoms with van der Waals surface area (Å²) in [7, 11) is -3.63. The zero-order valence-corrected chi connectivity index (χ0v) is 19.3. The van der Waals surface area contributed by atoms with E-state index in [-0.39, 0.29) is 30.1 Å². The molecule has 180 valence electrons. The number of sulfonamides is 1. The molecule has 1 aliphatic heterocycles. The number of hydrogen-bond acceptors (Lipinski definition) is 6. The van der Waals surface area contributed by atoms with Gasteiger partial charge in [-0.3, -0.25) is 19.3 Å². The van der Waals surface area contributed by atoms with E-state index < -0.39 is 33.8 Å². The summed E-state index contributed by atoms with van der Waals surface area (Å²) in [6.45, 7) is 0.180. The molecule has 0 aromatic heterocycles. The molecule has 0 saturated carbocycles. The Hall–Kier alpha value is -4.05. The van der Waals surface area contributed by atoms with Gasteiger partial charge in [-0.1, -0.05) is 42.5 Å². The molecule has 0 bridgehead atoms. The molecular weight excluding hydrogens is 473 g/mol. The fourth-order valence-corrected chi connectivity index (χ4v) is 4.75. The second-order valence-corrected chi connectivity index (χ2v) is 9.36. The molecule has 0 radical (unpaired) electrons. The number of amides is 1. The Morgan fingerprint density at radius 1 is 0.971 bits per heavy atom. The monoisotopic (exact) mass is 495 g/mol. The Balaban J connectivity index is 1.37. The summed E-state index contributed by atoms with van der Waals surface area (Å²) in [5.74, 6) is -1.39. The first kappa shape index (κ1) is 24.1. The number of aliphatic imine (C=N–C) groups is 1.